The van der Waals surface area contributed by atoms with Crippen LogP contribution in [-0.4, -0.2) is 52.1 Å². The molecule has 2 aromatic rings. The average Bonchev–Trinajstić information content (AvgIpc) is 3.19. The molecule has 2 saturated heterocycles. The summed E-state index contributed by atoms with van der Waals surface area (Å²) in [6, 6.07) is 9.75. The molecule has 1 aromatic carbocycles. The predicted octanol–water partition coefficient (Wildman–Crippen LogP) is 3.64. The average molecular weight is 455 g/mol. The number of rotatable bonds is 5. The van der Waals surface area contributed by atoms with Gasteiger partial charge in [-0.2, -0.15) is 0 Å². The van der Waals surface area contributed by atoms with E-state index in [0.29, 0.717) is 49.9 Å². The van der Waals surface area contributed by atoms with Crippen LogP contribution in [0.3, 0.4) is 0 Å². The number of hydrogen-bond acceptors (Lipinski definition) is 4. The Bertz CT molecular complexity index is 952. The fourth-order valence-corrected chi connectivity index (χ4v) is 5.06. The van der Waals surface area contributed by atoms with Gasteiger partial charge in [0.15, 0.2) is 0 Å². The van der Waals surface area contributed by atoms with Crippen LogP contribution in [0.25, 0.3) is 0 Å². The third-order valence-electron chi connectivity index (χ3n) is 5.28. The third-order valence-corrected chi connectivity index (χ3v) is 6.98. The van der Waals surface area contributed by atoms with E-state index >= 15 is 0 Å². The molecule has 0 bridgehead atoms. The lowest BCUT2D eigenvalue weighted by Crippen LogP contribution is -2.47. The lowest BCUT2D eigenvalue weighted by molar-refractivity contribution is -0.117. The predicted molar refractivity (Wildman–Crippen MR) is 112 cm³/mol. The fourth-order valence-electron chi connectivity index (χ4n) is 3.69. The molecule has 0 spiro atoms. The SMILES string of the molecule is O=C1CCCN1c1ccc(S(=O)N2CCN(c3cc(C(F)F)cc(Cl)n3)CC2)cc1. The smallest absolute Gasteiger partial charge is 0.264 e. The summed E-state index contributed by atoms with van der Waals surface area (Å²) in [5.41, 5.74) is 0.664. The molecule has 30 heavy (non-hydrogen) atoms. The highest BCUT2D eigenvalue weighted by atomic mass is 35.5. The van der Waals surface area contributed by atoms with Crippen molar-refractivity contribution in [3.63, 3.8) is 0 Å². The Morgan fingerprint density at radius 3 is 2.33 bits per heavy atom. The lowest BCUT2D eigenvalue weighted by Gasteiger charge is -2.34. The number of carbonyl (C=O) groups is 1. The first-order valence-electron chi connectivity index (χ1n) is 9.70. The van der Waals surface area contributed by atoms with Gasteiger partial charge in [0.05, 0.1) is 4.90 Å². The Labute approximate surface area is 181 Å². The van der Waals surface area contributed by atoms with Crippen molar-refractivity contribution in [3.8, 4) is 0 Å². The van der Waals surface area contributed by atoms with Crippen molar-refractivity contribution in [1.29, 1.82) is 0 Å². The number of carbonyl (C=O) groups excluding carboxylic acids is 1. The molecule has 1 atom stereocenters. The van der Waals surface area contributed by atoms with Crippen LogP contribution >= 0.6 is 11.6 Å². The minimum atomic E-state index is -2.61. The van der Waals surface area contributed by atoms with Gasteiger partial charge in [0, 0.05) is 50.4 Å². The van der Waals surface area contributed by atoms with Crippen molar-refractivity contribution >= 4 is 40.0 Å². The number of benzene rings is 1. The molecule has 160 valence electrons. The van der Waals surface area contributed by atoms with Crippen LogP contribution in [-0.2, 0) is 15.8 Å². The first-order valence-corrected chi connectivity index (χ1v) is 11.2. The molecule has 2 aliphatic rings. The zero-order valence-electron chi connectivity index (χ0n) is 16.1. The van der Waals surface area contributed by atoms with Crippen LogP contribution < -0.4 is 9.80 Å². The Balaban J connectivity index is 1.39. The zero-order chi connectivity index (χ0) is 21.3. The molecule has 0 aliphatic carbocycles. The van der Waals surface area contributed by atoms with E-state index in [1.807, 2.05) is 21.3 Å². The molecule has 3 heterocycles. The van der Waals surface area contributed by atoms with Crippen LogP contribution in [0.1, 0.15) is 24.8 Å². The quantitative estimate of drug-likeness (QED) is 0.647. The molecule has 0 N–H and O–H groups in total. The number of alkyl halides is 2. The lowest BCUT2D eigenvalue weighted by atomic mass is 10.2. The van der Waals surface area contributed by atoms with E-state index in [4.69, 9.17) is 11.6 Å². The van der Waals surface area contributed by atoms with E-state index in [2.05, 4.69) is 4.98 Å². The number of pyridine rings is 1. The Morgan fingerprint density at radius 1 is 1.03 bits per heavy atom. The largest absolute Gasteiger partial charge is 0.354 e. The summed E-state index contributed by atoms with van der Waals surface area (Å²) < 4.78 is 40.8. The van der Waals surface area contributed by atoms with E-state index in [1.54, 1.807) is 17.0 Å². The van der Waals surface area contributed by atoms with Crippen LogP contribution in [0.4, 0.5) is 20.3 Å². The summed E-state index contributed by atoms with van der Waals surface area (Å²) in [4.78, 5) is 20.3. The van der Waals surface area contributed by atoms with Crippen molar-refractivity contribution in [2.24, 2.45) is 0 Å². The second kappa shape index (κ2) is 8.95. The first kappa shape index (κ1) is 21.1. The molecule has 0 saturated carbocycles. The second-order valence-corrected chi connectivity index (χ2v) is 9.06. The van der Waals surface area contributed by atoms with Gasteiger partial charge >= 0.3 is 0 Å². The maximum Gasteiger partial charge on any atom is 0.264 e. The summed E-state index contributed by atoms with van der Waals surface area (Å²) in [6.07, 6.45) is -1.19. The molecule has 1 unspecified atom stereocenters. The van der Waals surface area contributed by atoms with Gasteiger partial charge in [-0.15, -0.1) is 0 Å². The van der Waals surface area contributed by atoms with Crippen LogP contribution in [0, 0.1) is 0 Å². The maximum absolute atomic E-state index is 13.0. The zero-order valence-corrected chi connectivity index (χ0v) is 17.7. The molecule has 1 aromatic heterocycles. The molecule has 10 heteroatoms. The number of anilines is 2. The van der Waals surface area contributed by atoms with E-state index in [0.717, 1.165) is 12.1 Å². The van der Waals surface area contributed by atoms with Crippen molar-refractivity contribution in [2.75, 3.05) is 42.5 Å². The van der Waals surface area contributed by atoms with Crippen molar-refractivity contribution in [1.82, 2.24) is 9.29 Å². The number of halogens is 3. The van der Waals surface area contributed by atoms with Gasteiger partial charge in [-0.3, -0.25) is 4.79 Å². The highest BCUT2D eigenvalue weighted by Crippen LogP contribution is 2.27. The number of amides is 1. The summed E-state index contributed by atoms with van der Waals surface area (Å²) in [5, 5.41) is 0.0328. The summed E-state index contributed by atoms with van der Waals surface area (Å²) in [7, 11) is -1.34. The molecule has 1 amide bonds. The van der Waals surface area contributed by atoms with Crippen LogP contribution in [0.15, 0.2) is 41.3 Å². The van der Waals surface area contributed by atoms with E-state index < -0.39 is 17.4 Å². The molecule has 2 aliphatic heterocycles. The second-order valence-electron chi connectivity index (χ2n) is 7.19. The van der Waals surface area contributed by atoms with Crippen molar-refractivity contribution < 1.29 is 17.8 Å². The highest BCUT2D eigenvalue weighted by molar-refractivity contribution is 7.82. The third kappa shape index (κ3) is 4.48. The van der Waals surface area contributed by atoms with Crippen molar-refractivity contribution in [2.45, 2.75) is 24.2 Å². The van der Waals surface area contributed by atoms with Gasteiger partial charge < -0.3 is 9.80 Å². The Morgan fingerprint density at radius 2 is 1.73 bits per heavy atom. The summed E-state index contributed by atoms with van der Waals surface area (Å²) >= 11 is 5.89. The highest BCUT2D eigenvalue weighted by Gasteiger charge is 2.25. The molecule has 0 radical (unpaired) electrons. The van der Waals surface area contributed by atoms with E-state index in [1.165, 1.54) is 12.1 Å². The van der Waals surface area contributed by atoms with Gasteiger partial charge in [0.25, 0.3) is 6.43 Å². The Hall–Kier alpha value is -2.10. The van der Waals surface area contributed by atoms with E-state index in [-0.39, 0.29) is 16.6 Å². The standard InChI is InChI=1S/C20H21ClF2N4O2S/c21-17-12-14(20(22)23)13-18(24-17)25-8-10-26(11-9-25)30(29)16-5-3-15(4-6-16)27-7-1-2-19(27)28/h3-6,12-13,20H,1-2,7-11H2. The minimum Gasteiger partial charge on any atom is -0.354 e. The Kier molecular flexibility index (Phi) is 6.31. The normalized spacial score (nSPS) is 19.0. The molecular weight excluding hydrogens is 434 g/mol. The van der Waals surface area contributed by atoms with Crippen molar-refractivity contribution in [3.05, 3.63) is 47.1 Å². The molecular formula is C20H21ClF2N4O2S. The number of nitrogens with zero attached hydrogens (tertiary/aromatic N) is 4. The molecule has 4 rings (SSSR count). The van der Waals surface area contributed by atoms with Crippen LogP contribution in [0.2, 0.25) is 5.15 Å². The van der Waals surface area contributed by atoms with Gasteiger partial charge in [0.2, 0.25) is 5.91 Å². The maximum atomic E-state index is 13.0. The van der Waals surface area contributed by atoms with Gasteiger partial charge in [-0.05, 0) is 42.8 Å². The molecule has 6 nitrogen and oxygen atoms in total. The monoisotopic (exact) mass is 454 g/mol. The fraction of sp³-hybridized carbons (Fsp3) is 0.400. The van der Waals surface area contributed by atoms with Gasteiger partial charge in [0.1, 0.15) is 22.0 Å². The topological polar surface area (TPSA) is 56.8 Å². The van der Waals surface area contributed by atoms with Crippen LogP contribution in [0.5, 0.6) is 0 Å². The number of aromatic nitrogens is 1. The van der Waals surface area contributed by atoms with Gasteiger partial charge in [-0.1, -0.05) is 11.6 Å². The molecule has 2 fully saturated rings. The number of piperazine rings is 1. The summed E-state index contributed by atoms with van der Waals surface area (Å²) in [6.45, 7) is 2.71. The van der Waals surface area contributed by atoms with E-state index in [9.17, 15) is 17.8 Å². The first-order chi connectivity index (χ1) is 14.4. The minimum absolute atomic E-state index is 0.0328. The summed E-state index contributed by atoms with van der Waals surface area (Å²) in [5.74, 6) is 0.521. The number of hydrogen-bond donors (Lipinski definition) is 0. The van der Waals surface area contributed by atoms with Gasteiger partial charge in [-0.25, -0.2) is 22.3 Å².